The van der Waals surface area contributed by atoms with Gasteiger partial charge in [0.05, 0.1) is 6.20 Å². The van der Waals surface area contributed by atoms with Crippen LogP contribution in [0.1, 0.15) is 44.9 Å². The van der Waals surface area contributed by atoms with E-state index in [1.54, 1.807) is 6.20 Å². The van der Waals surface area contributed by atoms with E-state index in [4.69, 9.17) is 16.3 Å². The topological polar surface area (TPSA) is 74.8 Å². The van der Waals surface area contributed by atoms with Crippen LogP contribution in [0.3, 0.4) is 0 Å². The molecule has 0 atom stereocenters. The smallest absolute Gasteiger partial charge is 0.324 e. The fraction of sp³-hybridized carbons (Fsp3) is 0.522. The fourth-order valence-corrected chi connectivity index (χ4v) is 5.41. The van der Waals surface area contributed by atoms with Gasteiger partial charge < -0.3 is 14.5 Å². The van der Waals surface area contributed by atoms with Crippen molar-refractivity contribution in [2.75, 3.05) is 25.0 Å². The third-order valence-electron chi connectivity index (χ3n) is 6.21. The molecule has 4 rings (SSSR count). The standard InChI is InChI=1S/C23H29ClN4O3S/c24-20-15-25-22(32-20)26-23(30)28(17-7-3-1-4-8-17)18-11-13-27(14-12-18)21(29)16-31-19-9-5-2-6-10-19/h2,5-6,9-10,15,17-18H,1,3-4,7-8,11-14,16H2,(H,25,26,30). The molecule has 0 unspecified atom stereocenters. The molecular formula is C23H29ClN4O3S. The molecule has 0 radical (unpaired) electrons. The first-order chi connectivity index (χ1) is 15.6. The minimum atomic E-state index is -0.111. The number of carbonyl (C=O) groups is 2. The quantitative estimate of drug-likeness (QED) is 0.634. The molecule has 1 saturated carbocycles. The van der Waals surface area contributed by atoms with Crippen molar-refractivity contribution in [2.45, 2.75) is 57.0 Å². The van der Waals surface area contributed by atoms with Gasteiger partial charge in [0.15, 0.2) is 11.7 Å². The molecule has 1 aliphatic carbocycles. The van der Waals surface area contributed by atoms with Gasteiger partial charge in [-0.25, -0.2) is 9.78 Å². The lowest BCUT2D eigenvalue weighted by Gasteiger charge is -2.43. The van der Waals surface area contributed by atoms with Gasteiger partial charge in [-0.1, -0.05) is 60.4 Å². The van der Waals surface area contributed by atoms with Crippen LogP contribution in [-0.2, 0) is 4.79 Å². The SMILES string of the molecule is O=C(COc1ccccc1)N1CCC(N(C(=O)Nc2ncc(Cl)s2)C2CCCCC2)CC1. The van der Waals surface area contributed by atoms with Crippen LogP contribution in [0.5, 0.6) is 5.75 Å². The second kappa shape index (κ2) is 11.0. The van der Waals surface area contributed by atoms with Crippen molar-refractivity contribution in [1.29, 1.82) is 0 Å². The summed E-state index contributed by atoms with van der Waals surface area (Å²) in [6.07, 6.45) is 8.64. The number of hydrogen-bond donors (Lipinski definition) is 1. The van der Waals surface area contributed by atoms with Gasteiger partial charge in [0.25, 0.3) is 5.91 Å². The number of nitrogens with zero attached hydrogens (tertiary/aromatic N) is 3. The van der Waals surface area contributed by atoms with Gasteiger partial charge in [-0.3, -0.25) is 10.1 Å². The number of benzene rings is 1. The predicted molar refractivity (Wildman–Crippen MR) is 126 cm³/mol. The molecule has 9 heteroatoms. The molecular weight excluding hydrogens is 448 g/mol. The molecule has 1 saturated heterocycles. The van der Waals surface area contributed by atoms with Crippen LogP contribution < -0.4 is 10.1 Å². The van der Waals surface area contributed by atoms with Crippen LogP contribution in [-0.4, -0.2) is 58.5 Å². The highest BCUT2D eigenvalue weighted by Gasteiger charge is 2.35. The van der Waals surface area contributed by atoms with Crippen molar-refractivity contribution in [2.24, 2.45) is 0 Å². The monoisotopic (exact) mass is 476 g/mol. The molecule has 0 bridgehead atoms. The number of urea groups is 1. The first-order valence-corrected chi connectivity index (χ1v) is 12.5. The summed E-state index contributed by atoms with van der Waals surface area (Å²) < 4.78 is 6.16. The van der Waals surface area contributed by atoms with Gasteiger partial charge in [0.1, 0.15) is 10.1 Å². The number of amides is 3. The molecule has 1 N–H and O–H groups in total. The van der Waals surface area contributed by atoms with Crippen LogP contribution in [0.15, 0.2) is 36.5 Å². The number of thiazole rings is 1. The number of likely N-dealkylation sites (tertiary alicyclic amines) is 1. The van der Waals surface area contributed by atoms with Crippen LogP contribution in [0.4, 0.5) is 9.93 Å². The van der Waals surface area contributed by atoms with Gasteiger partial charge in [-0.05, 0) is 37.8 Å². The molecule has 172 valence electrons. The third-order valence-corrected chi connectivity index (χ3v) is 7.24. The van der Waals surface area contributed by atoms with E-state index < -0.39 is 0 Å². The van der Waals surface area contributed by atoms with E-state index in [9.17, 15) is 9.59 Å². The maximum absolute atomic E-state index is 13.2. The third kappa shape index (κ3) is 5.92. The average molecular weight is 477 g/mol. The molecule has 32 heavy (non-hydrogen) atoms. The van der Waals surface area contributed by atoms with E-state index in [0.29, 0.717) is 28.3 Å². The number of rotatable bonds is 6. The molecule has 2 fully saturated rings. The molecule has 2 aromatic rings. The van der Waals surface area contributed by atoms with E-state index >= 15 is 0 Å². The Bertz CT molecular complexity index is 896. The minimum Gasteiger partial charge on any atom is -0.484 e. The van der Waals surface area contributed by atoms with Crippen LogP contribution in [0, 0.1) is 0 Å². The molecule has 1 aliphatic heterocycles. The molecule has 3 amide bonds. The zero-order valence-corrected chi connectivity index (χ0v) is 19.6. The lowest BCUT2D eigenvalue weighted by molar-refractivity contribution is -0.134. The van der Waals surface area contributed by atoms with Crippen molar-refractivity contribution in [3.8, 4) is 5.75 Å². The highest BCUT2D eigenvalue weighted by atomic mass is 35.5. The lowest BCUT2D eigenvalue weighted by Crippen LogP contribution is -2.54. The Labute approximate surface area is 197 Å². The number of anilines is 1. The van der Waals surface area contributed by atoms with E-state index in [1.807, 2.05) is 40.1 Å². The molecule has 0 spiro atoms. The van der Waals surface area contributed by atoms with Crippen LogP contribution in [0.25, 0.3) is 0 Å². The minimum absolute atomic E-state index is 0.0154. The second-order valence-electron chi connectivity index (χ2n) is 8.31. The summed E-state index contributed by atoms with van der Waals surface area (Å²) in [7, 11) is 0. The summed E-state index contributed by atoms with van der Waals surface area (Å²) in [5.74, 6) is 0.677. The first kappa shape index (κ1) is 22.9. The van der Waals surface area contributed by atoms with Crippen molar-refractivity contribution < 1.29 is 14.3 Å². The maximum Gasteiger partial charge on any atom is 0.324 e. The van der Waals surface area contributed by atoms with E-state index in [1.165, 1.54) is 17.8 Å². The van der Waals surface area contributed by atoms with Gasteiger partial charge in [-0.2, -0.15) is 0 Å². The van der Waals surface area contributed by atoms with Crippen molar-refractivity contribution in [1.82, 2.24) is 14.8 Å². The predicted octanol–water partition coefficient (Wildman–Crippen LogP) is 5.03. The molecule has 7 nitrogen and oxygen atoms in total. The van der Waals surface area contributed by atoms with Crippen LogP contribution >= 0.6 is 22.9 Å². The first-order valence-electron chi connectivity index (χ1n) is 11.3. The number of nitrogens with one attached hydrogen (secondary N) is 1. The Kier molecular flexibility index (Phi) is 7.86. The van der Waals surface area contributed by atoms with Crippen molar-refractivity contribution >= 4 is 40.0 Å². The summed E-state index contributed by atoms with van der Waals surface area (Å²) in [6, 6.07) is 9.59. The Balaban J connectivity index is 1.35. The summed E-state index contributed by atoms with van der Waals surface area (Å²) in [5, 5.41) is 3.46. The molecule has 2 aliphatic rings. The van der Waals surface area contributed by atoms with Crippen LogP contribution in [0.2, 0.25) is 4.34 Å². The van der Waals surface area contributed by atoms with E-state index in [0.717, 1.165) is 38.5 Å². The highest BCUT2D eigenvalue weighted by molar-refractivity contribution is 7.19. The Morgan fingerprint density at radius 1 is 1.09 bits per heavy atom. The van der Waals surface area contributed by atoms with E-state index in [-0.39, 0.29) is 30.6 Å². The van der Waals surface area contributed by atoms with Gasteiger partial charge in [-0.15, -0.1) is 0 Å². The Morgan fingerprint density at radius 3 is 2.44 bits per heavy atom. The summed E-state index contributed by atoms with van der Waals surface area (Å²) in [6.45, 7) is 1.29. The van der Waals surface area contributed by atoms with Crippen molar-refractivity contribution in [3.63, 3.8) is 0 Å². The number of piperidine rings is 1. The summed E-state index contributed by atoms with van der Waals surface area (Å²) in [5.41, 5.74) is 0. The highest BCUT2D eigenvalue weighted by Crippen LogP contribution is 2.30. The zero-order chi connectivity index (χ0) is 22.3. The number of para-hydroxylation sites is 1. The number of ether oxygens (including phenoxy) is 1. The maximum atomic E-state index is 13.2. The number of aromatic nitrogens is 1. The second-order valence-corrected chi connectivity index (χ2v) is 9.97. The average Bonchev–Trinajstić information content (AvgIpc) is 3.24. The molecule has 2 heterocycles. The Morgan fingerprint density at radius 2 is 1.78 bits per heavy atom. The van der Waals surface area contributed by atoms with E-state index in [2.05, 4.69) is 10.3 Å². The number of carbonyl (C=O) groups excluding carboxylic acids is 2. The van der Waals surface area contributed by atoms with Crippen molar-refractivity contribution in [3.05, 3.63) is 40.9 Å². The lowest BCUT2D eigenvalue weighted by atomic mass is 9.91. The normalized spacial score (nSPS) is 17.7. The zero-order valence-electron chi connectivity index (χ0n) is 18.0. The Hall–Kier alpha value is -2.32. The number of hydrogen-bond acceptors (Lipinski definition) is 5. The van der Waals surface area contributed by atoms with Gasteiger partial charge >= 0.3 is 6.03 Å². The fourth-order valence-electron chi connectivity index (χ4n) is 4.60. The number of halogens is 1. The van der Waals surface area contributed by atoms with Gasteiger partial charge in [0, 0.05) is 25.2 Å². The molecule has 1 aromatic heterocycles. The van der Waals surface area contributed by atoms with Gasteiger partial charge in [0.2, 0.25) is 0 Å². The largest absolute Gasteiger partial charge is 0.484 e. The molecule has 1 aromatic carbocycles. The summed E-state index contributed by atoms with van der Waals surface area (Å²) in [4.78, 5) is 33.9. The summed E-state index contributed by atoms with van der Waals surface area (Å²) >= 11 is 7.24.